The molecule has 0 spiro atoms. The molecule has 2 aromatic carbocycles. The summed E-state index contributed by atoms with van der Waals surface area (Å²) in [5.74, 6) is 0.809. The van der Waals surface area contributed by atoms with Crippen LogP contribution < -0.4 is 9.80 Å². The number of hydrogen-bond acceptors (Lipinski definition) is 4. The molecule has 0 radical (unpaired) electrons. The summed E-state index contributed by atoms with van der Waals surface area (Å²) in [5.41, 5.74) is 4.33. The van der Waals surface area contributed by atoms with E-state index in [9.17, 15) is 0 Å². The molecular weight excluding hydrogens is 324 g/mol. The Balaban J connectivity index is 1.74. The van der Waals surface area contributed by atoms with Crippen LogP contribution in [0.25, 0.3) is 22.2 Å². The Bertz CT molecular complexity index is 889. The first-order valence-corrected chi connectivity index (χ1v) is 9.28. The van der Waals surface area contributed by atoms with Crippen LogP contribution in [0.3, 0.4) is 0 Å². The number of aromatic nitrogens is 2. The van der Waals surface area contributed by atoms with Crippen molar-refractivity contribution in [3.8, 4) is 11.3 Å². The van der Waals surface area contributed by atoms with Gasteiger partial charge in [0, 0.05) is 10.9 Å². The second-order valence-corrected chi connectivity index (χ2v) is 6.97. The van der Waals surface area contributed by atoms with Crippen LogP contribution in [0.4, 0.5) is 5.95 Å². The number of aliphatic hydroxyl groups excluding tert-OH is 1. The van der Waals surface area contributed by atoms with Crippen molar-refractivity contribution in [3.05, 3.63) is 54.1 Å². The maximum atomic E-state index is 9.15. The third-order valence-electron chi connectivity index (χ3n) is 5.11. The van der Waals surface area contributed by atoms with Crippen LogP contribution in [0.5, 0.6) is 0 Å². The van der Waals surface area contributed by atoms with Crippen LogP contribution in [-0.2, 0) is 0 Å². The van der Waals surface area contributed by atoms with Gasteiger partial charge in [-0.05, 0) is 19.1 Å². The number of piperazine rings is 1. The molecule has 4 rings (SSSR count). The van der Waals surface area contributed by atoms with Crippen molar-refractivity contribution in [1.82, 2.24) is 9.97 Å². The van der Waals surface area contributed by atoms with Crippen LogP contribution in [0, 0.1) is 6.92 Å². The summed E-state index contributed by atoms with van der Waals surface area (Å²) in [4.78, 5) is 13.5. The average molecular weight is 349 g/mol. The average Bonchev–Trinajstić information content (AvgIpc) is 2.69. The summed E-state index contributed by atoms with van der Waals surface area (Å²) in [7, 11) is 0. The molecule has 26 heavy (non-hydrogen) atoms. The van der Waals surface area contributed by atoms with Crippen molar-refractivity contribution in [2.24, 2.45) is 0 Å². The third-order valence-corrected chi connectivity index (χ3v) is 5.11. The molecule has 5 heteroatoms. The van der Waals surface area contributed by atoms with Gasteiger partial charge in [0.2, 0.25) is 5.95 Å². The van der Waals surface area contributed by atoms with E-state index in [0.717, 1.165) is 60.8 Å². The van der Waals surface area contributed by atoms with Crippen LogP contribution >= 0.6 is 0 Å². The monoisotopic (exact) mass is 349 g/mol. The molecular formula is C21H25N4O+. The second-order valence-electron chi connectivity index (χ2n) is 6.97. The number of rotatable bonds is 4. The molecule has 1 aliphatic rings. The van der Waals surface area contributed by atoms with E-state index >= 15 is 0 Å². The van der Waals surface area contributed by atoms with Gasteiger partial charge < -0.3 is 14.9 Å². The molecule has 3 aromatic rings. The molecule has 0 atom stereocenters. The molecule has 0 aliphatic carbocycles. The van der Waals surface area contributed by atoms with Gasteiger partial charge in [-0.25, -0.2) is 9.97 Å². The van der Waals surface area contributed by atoms with Crippen LogP contribution in [-0.4, -0.2) is 54.4 Å². The maximum Gasteiger partial charge on any atom is 0.226 e. The molecule has 0 amide bonds. The topological polar surface area (TPSA) is 53.7 Å². The number of quaternary nitrogens is 1. The van der Waals surface area contributed by atoms with Crippen molar-refractivity contribution in [3.63, 3.8) is 0 Å². The normalized spacial score (nSPS) is 15.5. The van der Waals surface area contributed by atoms with Gasteiger partial charge in [0.15, 0.2) is 0 Å². The first-order valence-electron chi connectivity index (χ1n) is 9.28. The fourth-order valence-corrected chi connectivity index (χ4v) is 3.62. The zero-order valence-electron chi connectivity index (χ0n) is 15.2. The van der Waals surface area contributed by atoms with Gasteiger partial charge in [-0.1, -0.05) is 42.0 Å². The lowest BCUT2D eigenvalue weighted by atomic mass is 10.0. The Kier molecular flexibility index (Phi) is 4.82. The lowest BCUT2D eigenvalue weighted by Gasteiger charge is -2.32. The molecule has 0 unspecified atom stereocenters. The van der Waals surface area contributed by atoms with Crippen molar-refractivity contribution in [2.45, 2.75) is 6.92 Å². The van der Waals surface area contributed by atoms with E-state index in [2.05, 4.69) is 54.3 Å². The molecule has 0 bridgehead atoms. The standard InChI is InChI=1S/C21H24N4O/c1-16-7-8-19-18(15-16)20(17-5-3-2-4-6-17)23-21(22-19)25-11-9-24(10-12-25)13-14-26/h2-8,15,26H,9-14H2,1H3/p+1. The highest BCUT2D eigenvalue weighted by Crippen LogP contribution is 2.29. The minimum absolute atomic E-state index is 0.249. The molecule has 1 saturated heterocycles. The van der Waals surface area contributed by atoms with E-state index in [1.54, 1.807) is 0 Å². The van der Waals surface area contributed by atoms with Crippen molar-refractivity contribution >= 4 is 16.9 Å². The van der Waals surface area contributed by atoms with E-state index < -0.39 is 0 Å². The summed E-state index contributed by atoms with van der Waals surface area (Å²) < 4.78 is 0. The number of aryl methyl sites for hydroxylation is 1. The number of hydrogen-bond donors (Lipinski definition) is 2. The minimum atomic E-state index is 0.249. The SMILES string of the molecule is Cc1ccc2nc(N3CC[NH+](CCO)CC3)nc(-c3ccccc3)c2c1. The maximum absolute atomic E-state index is 9.15. The molecule has 134 valence electrons. The van der Waals surface area contributed by atoms with E-state index in [-0.39, 0.29) is 6.61 Å². The quantitative estimate of drug-likeness (QED) is 0.746. The Morgan fingerprint density at radius 3 is 2.54 bits per heavy atom. The van der Waals surface area contributed by atoms with E-state index in [1.807, 2.05) is 6.07 Å². The lowest BCUT2D eigenvalue weighted by molar-refractivity contribution is -0.900. The van der Waals surface area contributed by atoms with E-state index in [4.69, 9.17) is 15.1 Å². The second kappa shape index (κ2) is 7.40. The number of nitrogens with zero attached hydrogens (tertiary/aromatic N) is 3. The lowest BCUT2D eigenvalue weighted by Crippen LogP contribution is -3.15. The number of fused-ring (bicyclic) bond motifs is 1. The highest BCUT2D eigenvalue weighted by atomic mass is 16.3. The Hall–Kier alpha value is -2.50. The molecule has 1 fully saturated rings. The van der Waals surface area contributed by atoms with Crippen molar-refractivity contribution in [1.29, 1.82) is 0 Å². The first kappa shape index (κ1) is 16.9. The van der Waals surface area contributed by atoms with Crippen molar-refractivity contribution < 1.29 is 10.0 Å². The Morgan fingerprint density at radius 2 is 1.81 bits per heavy atom. The highest BCUT2D eigenvalue weighted by Gasteiger charge is 2.22. The van der Waals surface area contributed by atoms with Crippen LogP contribution in [0.2, 0.25) is 0 Å². The summed E-state index contributed by atoms with van der Waals surface area (Å²) in [5, 5.41) is 10.2. The fraction of sp³-hybridized carbons (Fsp3) is 0.333. The molecule has 2 N–H and O–H groups in total. The number of aliphatic hydroxyl groups is 1. The fourth-order valence-electron chi connectivity index (χ4n) is 3.62. The van der Waals surface area contributed by atoms with Gasteiger partial charge in [0.1, 0.15) is 6.54 Å². The van der Waals surface area contributed by atoms with Gasteiger partial charge in [0.25, 0.3) is 0 Å². The molecule has 5 nitrogen and oxygen atoms in total. The number of benzene rings is 2. The third kappa shape index (κ3) is 3.41. The summed E-state index contributed by atoms with van der Waals surface area (Å²) >= 11 is 0. The highest BCUT2D eigenvalue weighted by molar-refractivity contribution is 5.93. The molecule has 1 aliphatic heterocycles. The molecule has 2 heterocycles. The van der Waals surface area contributed by atoms with Gasteiger partial charge in [-0.15, -0.1) is 0 Å². The summed E-state index contributed by atoms with van der Waals surface area (Å²) in [6.45, 7) is 7.03. The molecule has 1 aromatic heterocycles. The van der Waals surface area contributed by atoms with Crippen LogP contribution in [0.15, 0.2) is 48.5 Å². The van der Waals surface area contributed by atoms with Gasteiger partial charge >= 0.3 is 0 Å². The molecule has 0 saturated carbocycles. The van der Waals surface area contributed by atoms with E-state index in [1.165, 1.54) is 10.5 Å². The van der Waals surface area contributed by atoms with Gasteiger partial charge in [-0.2, -0.15) is 0 Å². The zero-order chi connectivity index (χ0) is 17.9. The van der Waals surface area contributed by atoms with Crippen LogP contribution in [0.1, 0.15) is 5.56 Å². The van der Waals surface area contributed by atoms with Crippen molar-refractivity contribution in [2.75, 3.05) is 44.2 Å². The number of nitrogens with one attached hydrogen (secondary N) is 1. The summed E-state index contributed by atoms with van der Waals surface area (Å²) in [6, 6.07) is 16.7. The predicted molar refractivity (Wildman–Crippen MR) is 105 cm³/mol. The predicted octanol–water partition coefficient (Wildman–Crippen LogP) is 1.30. The Labute approximate surface area is 153 Å². The smallest absolute Gasteiger partial charge is 0.226 e. The van der Waals surface area contributed by atoms with E-state index in [0.29, 0.717) is 0 Å². The minimum Gasteiger partial charge on any atom is -0.391 e. The number of anilines is 1. The largest absolute Gasteiger partial charge is 0.391 e. The van der Waals surface area contributed by atoms with Gasteiger partial charge in [-0.3, -0.25) is 0 Å². The Morgan fingerprint density at radius 1 is 1.04 bits per heavy atom. The summed E-state index contributed by atoms with van der Waals surface area (Å²) in [6.07, 6.45) is 0. The zero-order valence-corrected chi connectivity index (χ0v) is 15.2. The first-order chi connectivity index (χ1) is 12.7. The van der Waals surface area contributed by atoms with Gasteiger partial charge in [0.05, 0.1) is 44.0 Å².